The molecule has 0 saturated heterocycles. The van der Waals surface area contributed by atoms with Crippen LogP contribution in [0, 0.1) is 11.8 Å². The topological polar surface area (TPSA) is 125 Å². The number of aliphatic hydroxyl groups is 2. The molecule has 3 rings (SSSR count). The maximum atomic E-state index is 12.4. The summed E-state index contributed by atoms with van der Waals surface area (Å²) in [6.45, 7) is 0.717. The summed E-state index contributed by atoms with van der Waals surface area (Å²) < 4.78 is 5.46. The molecule has 1 heterocycles. The highest BCUT2D eigenvalue weighted by Gasteiger charge is 2.37. The van der Waals surface area contributed by atoms with Gasteiger partial charge in [0, 0.05) is 12.0 Å². The average molecular weight is 362 g/mol. The van der Waals surface area contributed by atoms with E-state index in [-0.39, 0.29) is 17.2 Å². The van der Waals surface area contributed by atoms with Crippen molar-refractivity contribution in [2.75, 3.05) is 6.54 Å². The molecule has 1 aromatic rings. The molecule has 7 nitrogen and oxygen atoms in total. The van der Waals surface area contributed by atoms with Crippen LogP contribution < -0.4 is 15.7 Å². The van der Waals surface area contributed by atoms with Crippen LogP contribution >= 0.6 is 0 Å². The van der Waals surface area contributed by atoms with Crippen LogP contribution in [0.5, 0.6) is 5.75 Å². The van der Waals surface area contributed by atoms with E-state index in [1.165, 1.54) is 6.07 Å². The average Bonchev–Trinajstić information content (AvgIpc) is 2.62. The van der Waals surface area contributed by atoms with E-state index in [0.717, 1.165) is 31.2 Å². The summed E-state index contributed by atoms with van der Waals surface area (Å²) in [5.41, 5.74) is 6.65. The minimum Gasteiger partial charge on any atom is -0.534 e. The summed E-state index contributed by atoms with van der Waals surface area (Å²) in [6, 6.07) is 5.02. The Kier molecular flexibility index (Phi) is 6.18. The third-order valence-electron chi connectivity index (χ3n) is 5.55. The second-order valence-electron chi connectivity index (χ2n) is 7.42. The lowest BCUT2D eigenvalue weighted by Gasteiger charge is -2.31. The van der Waals surface area contributed by atoms with E-state index in [1.807, 2.05) is 0 Å². The number of nitrogens with one attached hydrogen (secondary N) is 1. The van der Waals surface area contributed by atoms with Crippen LogP contribution in [0.1, 0.15) is 49.5 Å². The maximum absolute atomic E-state index is 12.4. The quantitative estimate of drug-likeness (QED) is 0.378. The standard InChI is InChI=1S/C18H27BN2O5/c20-10-12-6-4-11(5-7-12)8-16(22)21-15-9-13-2-1-3-14(18(23)24)17(13)26-19(15)25/h1-3,11-12,15,18,23-25H,4-10,20H2,(H,21,22)/t11?,12?,15-/m0/s1. The molecule has 1 aromatic carbocycles. The predicted octanol–water partition coefficient (Wildman–Crippen LogP) is 0.264. The van der Waals surface area contributed by atoms with E-state index in [4.69, 9.17) is 10.4 Å². The van der Waals surface area contributed by atoms with Gasteiger partial charge in [0.15, 0.2) is 6.29 Å². The molecule has 1 atom stereocenters. The number of amides is 1. The first-order valence-corrected chi connectivity index (χ1v) is 9.30. The molecule has 1 amide bonds. The zero-order valence-corrected chi connectivity index (χ0v) is 14.8. The van der Waals surface area contributed by atoms with Gasteiger partial charge in [-0.3, -0.25) is 4.79 Å². The van der Waals surface area contributed by atoms with Crippen LogP contribution in [0.4, 0.5) is 0 Å². The van der Waals surface area contributed by atoms with Gasteiger partial charge in [-0.25, -0.2) is 0 Å². The fourth-order valence-electron chi connectivity index (χ4n) is 3.97. The first-order valence-electron chi connectivity index (χ1n) is 9.30. The van der Waals surface area contributed by atoms with Gasteiger partial charge >= 0.3 is 7.12 Å². The molecular weight excluding hydrogens is 335 g/mol. The number of carbonyl (C=O) groups is 1. The number of rotatable bonds is 5. The highest BCUT2D eigenvalue weighted by Crippen LogP contribution is 2.33. The Morgan fingerprint density at radius 1 is 1.27 bits per heavy atom. The molecule has 26 heavy (non-hydrogen) atoms. The smallest absolute Gasteiger partial charge is 0.534 e. The SMILES string of the molecule is NCC1CCC(CC(=O)N[C@H]2Cc3cccc(C(O)O)c3OB2O)CC1. The highest BCUT2D eigenvalue weighted by atomic mass is 16.5. The molecular formula is C18H27BN2O5. The predicted molar refractivity (Wildman–Crippen MR) is 97.0 cm³/mol. The Hall–Kier alpha value is -1.61. The van der Waals surface area contributed by atoms with Crippen LogP contribution in [0.2, 0.25) is 0 Å². The van der Waals surface area contributed by atoms with E-state index in [2.05, 4.69) is 5.32 Å². The van der Waals surface area contributed by atoms with E-state index in [9.17, 15) is 20.0 Å². The summed E-state index contributed by atoms with van der Waals surface area (Å²) in [5.74, 6) is 0.580. The van der Waals surface area contributed by atoms with Crippen molar-refractivity contribution in [3.63, 3.8) is 0 Å². The highest BCUT2D eigenvalue weighted by molar-refractivity contribution is 6.46. The van der Waals surface area contributed by atoms with Crippen LogP contribution in [0.25, 0.3) is 0 Å². The van der Waals surface area contributed by atoms with Gasteiger partial charge in [0.1, 0.15) is 5.75 Å². The molecule has 2 aliphatic rings. The van der Waals surface area contributed by atoms with E-state index in [1.54, 1.807) is 12.1 Å². The van der Waals surface area contributed by atoms with Crippen LogP contribution in [-0.2, 0) is 11.2 Å². The Morgan fingerprint density at radius 3 is 2.62 bits per heavy atom. The first-order chi connectivity index (χ1) is 12.5. The fourth-order valence-corrected chi connectivity index (χ4v) is 3.97. The van der Waals surface area contributed by atoms with E-state index in [0.29, 0.717) is 31.2 Å². The first kappa shape index (κ1) is 19.2. The van der Waals surface area contributed by atoms with Crippen LogP contribution in [0.15, 0.2) is 18.2 Å². The second-order valence-corrected chi connectivity index (χ2v) is 7.42. The molecule has 0 bridgehead atoms. The Labute approximate surface area is 153 Å². The number of carbonyl (C=O) groups excluding carboxylic acids is 1. The van der Waals surface area contributed by atoms with Crippen molar-refractivity contribution in [3.05, 3.63) is 29.3 Å². The monoisotopic (exact) mass is 362 g/mol. The maximum Gasteiger partial charge on any atom is 0.547 e. The van der Waals surface area contributed by atoms with Gasteiger partial charge in [0.2, 0.25) is 5.91 Å². The molecule has 0 unspecified atom stereocenters. The number of benzene rings is 1. The number of fused-ring (bicyclic) bond motifs is 1. The van der Waals surface area contributed by atoms with Crippen molar-refractivity contribution in [2.45, 2.75) is 50.8 Å². The minimum atomic E-state index is -1.67. The van der Waals surface area contributed by atoms with Gasteiger partial charge in [0.05, 0.1) is 5.94 Å². The summed E-state index contributed by atoms with van der Waals surface area (Å²) in [5, 5.41) is 31.9. The molecule has 142 valence electrons. The molecule has 1 aliphatic heterocycles. The number of aliphatic hydroxyl groups excluding tert-OH is 1. The van der Waals surface area contributed by atoms with Gasteiger partial charge in [-0.1, -0.05) is 18.2 Å². The van der Waals surface area contributed by atoms with E-state index >= 15 is 0 Å². The van der Waals surface area contributed by atoms with Crippen molar-refractivity contribution in [2.24, 2.45) is 17.6 Å². The summed E-state index contributed by atoms with van der Waals surface area (Å²) in [4.78, 5) is 12.4. The zero-order valence-electron chi connectivity index (χ0n) is 14.8. The zero-order chi connectivity index (χ0) is 18.7. The minimum absolute atomic E-state index is 0.0874. The fraction of sp³-hybridized carbons (Fsp3) is 0.611. The Bertz CT molecular complexity index is 634. The number of hydrogen-bond acceptors (Lipinski definition) is 6. The molecule has 0 spiro atoms. The molecule has 1 fully saturated rings. The van der Waals surface area contributed by atoms with Crippen molar-refractivity contribution >= 4 is 13.0 Å². The van der Waals surface area contributed by atoms with Crippen molar-refractivity contribution in [1.29, 1.82) is 0 Å². The second kappa shape index (κ2) is 8.39. The Morgan fingerprint density at radius 2 is 1.96 bits per heavy atom. The number of nitrogens with two attached hydrogens (primary N) is 1. The third kappa shape index (κ3) is 4.38. The van der Waals surface area contributed by atoms with E-state index < -0.39 is 19.3 Å². The van der Waals surface area contributed by atoms with Crippen LogP contribution in [-0.4, -0.2) is 40.7 Å². The summed E-state index contributed by atoms with van der Waals surface area (Å²) in [6.07, 6.45) is 3.32. The van der Waals surface area contributed by atoms with Gasteiger partial charge in [-0.05, 0) is 56.0 Å². The summed E-state index contributed by atoms with van der Waals surface area (Å²) in [7, 11) is -1.22. The van der Waals surface area contributed by atoms with Crippen molar-refractivity contribution in [1.82, 2.24) is 5.32 Å². The lowest BCUT2D eigenvalue weighted by atomic mass is 9.72. The van der Waals surface area contributed by atoms with Gasteiger partial charge in [0.25, 0.3) is 0 Å². The normalized spacial score (nSPS) is 25.6. The summed E-state index contributed by atoms with van der Waals surface area (Å²) >= 11 is 0. The number of para-hydroxylation sites is 1. The van der Waals surface area contributed by atoms with Crippen LogP contribution in [0.3, 0.4) is 0 Å². The van der Waals surface area contributed by atoms with Gasteiger partial charge < -0.3 is 30.9 Å². The number of hydrogen-bond donors (Lipinski definition) is 5. The largest absolute Gasteiger partial charge is 0.547 e. The molecule has 6 N–H and O–H groups in total. The molecule has 1 saturated carbocycles. The lowest BCUT2D eigenvalue weighted by Crippen LogP contribution is -2.53. The van der Waals surface area contributed by atoms with Crippen molar-refractivity contribution in [3.8, 4) is 5.75 Å². The van der Waals surface area contributed by atoms with Gasteiger partial charge in [-0.15, -0.1) is 0 Å². The third-order valence-corrected chi connectivity index (χ3v) is 5.55. The Balaban J connectivity index is 1.57. The molecule has 1 aliphatic carbocycles. The molecule has 0 aromatic heterocycles. The molecule has 8 heteroatoms. The van der Waals surface area contributed by atoms with Crippen molar-refractivity contribution < 1.29 is 24.7 Å². The molecule has 0 radical (unpaired) electrons. The lowest BCUT2D eigenvalue weighted by molar-refractivity contribution is -0.122. The van der Waals surface area contributed by atoms with Gasteiger partial charge in [-0.2, -0.15) is 0 Å².